The highest BCUT2D eigenvalue weighted by Crippen LogP contribution is 2.40. The molecule has 2 aromatic heterocycles. The lowest BCUT2D eigenvalue weighted by molar-refractivity contribution is 0.0116. The number of H-pyrrole nitrogens is 1. The second-order valence-corrected chi connectivity index (χ2v) is 17.3. The lowest BCUT2D eigenvalue weighted by Crippen LogP contribution is -2.47. The van der Waals surface area contributed by atoms with E-state index in [-0.39, 0.29) is 29.5 Å². The van der Waals surface area contributed by atoms with Crippen molar-refractivity contribution in [3.63, 3.8) is 0 Å². The molecule has 1 N–H and O–H groups in total. The molecule has 0 radical (unpaired) electrons. The molecule has 38 heavy (non-hydrogen) atoms. The maximum atomic E-state index is 6.65. The minimum atomic E-state index is -1.94. The minimum absolute atomic E-state index is 0.0787. The number of halogens is 1. The zero-order valence-electron chi connectivity index (χ0n) is 22.8. The van der Waals surface area contributed by atoms with E-state index in [2.05, 4.69) is 73.0 Å². The van der Waals surface area contributed by atoms with Crippen LogP contribution in [0, 0.1) is 0 Å². The molecule has 0 aliphatic carbocycles. The Hall–Kier alpha value is -2.17. The number of hydrogen-bond donors (Lipinski definition) is 1. The summed E-state index contributed by atoms with van der Waals surface area (Å²) in [6.07, 6.45) is 1.81. The summed E-state index contributed by atoms with van der Waals surface area (Å²) >= 11 is 6.65. The molecule has 0 bridgehead atoms. The lowest BCUT2D eigenvalue weighted by atomic mass is 10.1. The molecule has 6 rings (SSSR count). The lowest BCUT2D eigenvalue weighted by Gasteiger charge is -2.39. The van der Waals surface area contributed by atoms with Gasteiger partial charge in [0.15, 0.2) is 20.1 Å². The number of aromatic nitrogens is 3. The molecule has 3 aromatic rings. The van der Waals surface area contributed by atoms with E-state index < -0.39 is 8.32 Å². The van der Waals surface area contributed by atoms with Gasteiger partial charge in [-0.15, -0.1) is 0 Å². The van der Waals surface area contributed by atoms with Gasteiger partial charge in [0.2, 0.25) is 0 Å². The van der Waals surface area contributed by atoms with E-state index in [9.17, 15) is 0 Å². The van der Waals surface area contributed by atoms with Gasteiger partial charge in [0.1, 0.15) is 12.2 Å². The fourth-order valence-corrected chi connectivity index (χ4v) is 6.86. The van der Waals surface area contributed by atoms with Gasteiger partial charge < -0.3 is 28.5 Å². The summed E-state index contributed by atoms with van der Waals surface area (Å²) in [5.41, 5.74) is 4.19. The molecule has 1 aromatic carbocycles. The molecule has 0 amide bonds. The highest BCUT2D eigenvalue weighted by molar-refractivity contribution is 6.74. The summed E-state index contributed by atoms with van der Waals surface area (Å²) in [6, 6.07) is 10.7. The maximum Gasteiger partial charge on any atom is 0.296 e. The summed E-state index contributed by atoms with van der Waals surface area (Å²) in [5.74, 6) is 0. The van der Waals surface area contributed by atoms with Crippen LogP contribution in [0.25, 0.3) is 22.4 Å². The van der Waals surface area contributed by atoms with Gasteiger partial charge in [0, 0.05) is 24.3 Å². The topological polar surface area (TPSA) is 81.7 Å². The van der Waals surface area contributed by atoms with Gasteiger partial charge in [-0.1, -0.05) is 44.5 Å². The fraction of sp³-hybridized carbons (Fsp3) is 0.571. The number of rotatable bonds is 6. The third kappa shape index (κ3) is 4.84. The van der Waals surface area contributed by atoms with Crippen molar-refractivity contribution in [2.45, 2.75) is 76.2 Å². The van der Waals surface area contributed by atoms with Gasteiger partial charge in [0.25, 0.3) is 6.01 Å². The van der Waals surface area contributed by atoms with Crippen molar-refractivity contribution < 1.29 is 18.6 Å². The van der Waals surface area contributed by atoms with Gasteiger partial charge in [-0.25, -0.2) is 4.98 Å². The first-order valence-electron chi connectivity index (χ1n) is 13.6. The zero-order chi connectivity index (χ0) is 26.7. The van der Waals surface area contributed by atoms with Crippen LogP contribution >= 0.6 is 11.6 Å². The van der Waals surface area contributed by atoms with Crippen molar-refractivity contribution >= 4 is 36.8 Å². The SMILES string of the molecule is CC(C)(C)[Si](C)(C)O[C@@H]1CO[C@H]2[C@@H]1OC[C@H]2Oc1nc2nc(-c3ccc(N4CCCC4)cc3)c(Cl)cc2[nH]1. The fourth-order valence-electron chi connectivity index (χ4n) is 5.29. The first-order chi connectivity index (χ1) is 18.1. The van der Waals surface area contributed by atoms with Crippen LogP contribution in [0.1, 0.15) is 33.6 Å². The molecule has 3 saturated heterocycles. The Morgan fingerprint density at radius 1 is 1.00 bits per heavy atom. The van der Waals surface area contributed by atoms with Crippen molar-refractivity contribution in [1.29, 1.82) is 0 Å². The second kappa shape index (κ2) is 9.78. The number of anilines is 1. The number of ether oxygens (including phenoxy) is 3. The normalized spacial score (nSPS) is 25.9. The Labute approximate surface area is 230 Å². The Kier molecular flexibility index (Phi) is 6.71. The molecular weight excluding hydrogens is 520 g/mol. The van der Waals surface area contributed by atoms with E-state index in [0.717, 1.165) is 24.2 Å². The van der Waals surface area contributed by atoms with Crippen LogP contribution in [0.15, 0.2) is 30.3 Å². The van der Waals surface area contributed by atoms with E-state index in [1.165, 1.54) is 18.5 Å². The number of nitrogens with one attached hydrogen (secondary N) is 1. The Morgan fingerprint density at radius 3 is 2.34 bits per heavy atom. The Morgan fingerprint density at radius 2 is 1.66 bits per heavy atom. The molecule has 3 aliphatic heterocycles. The van der Waals surface area contributed by atoms with Gasteiger partial charge >= 0.3 is 0 Å². The van der Waals surface area contributed by atoms with Crippen molar-refractivity contribution in [2.75, 3.05) is 31.2 Å². The molecule has 3 aliphatic rings. The largest absolute Gasteiger partial charge is 0.456 e. The van der Waals surface area contributed by atoms with E-state index in [1.807, 2.05) is 6.07 Å². The Bertz CT molecular complexity index is 1300. The maximum absolute atomic E-state index is 6.65. The molecule has 0 saturated carbocycles. The highest BCUT2D eigenvalue weighted by Gasteiger charge is 2.52. The quantitative estimate of drug-likeness (QED) is 0.383. The average molecular weight is 557 g/mol. The van der Waals surface area contributed by atoms with Crippen LogP contribution in [0.3, 0.4) is 0 Å². The zero-order valence-corrected chi connectivity index (χ0v) is 24.5. The molecule has 204 valence electrons. The van der Waals surface area contributed by atoms with E-state index in [0.29, 0.717) is 35.6 Å². The van der Waals surface area contributed by atoms with Crippen LogP contribution in [0.2, 0.25) is 23.2 Å². The van der Waals surface area contributed by atoms with E-state index in [4.69, 9.17) is 35.2 Å². The number of pyridine rings is 1. The molecule has 0 spiro atoms. The predicted octanol–water partition coefficient (Wildman–Crippen LogP) is 5.81. The van der Waals surface area contributed by atoms with Crippen molar-refractivity contribution in [1.82, 2.24) is 15.0 Å². The summed E-state index contributed by atoms with van der Waals surface area (Å²) in [5, 5.41) is 0.687. The smallest absolute Gasteiger partial charge is 0.296 e. The van der Waals surface area contributed by atoms with Crippen molar-refractivity contribution in [3.8, 4) is 17.3 Å². The summed E-state index contributed by atoms with van der Waals surface area (Å²) < 4.78 is 25.1. The van der Waals surface area contributed by atoms with Crippen molar-refractivity contribution in [2.24, 2.45) is 0 Å². The summed E-state index contributed by atoms with van der Waals surface area (Å²) in [7, 11) is -1.94. The number of fused-ring (bicyclic) bond motifs is 2. The summed E-state index contributed by atoms with van der Waals surface area (Å²) in [6.45, 7) is 14.4. The number of aromatic amines is 1. The second-order valence-electron chi connectivity index (χ2n) is 12.1. The van der Waals surface area contributed by atoms with Crippen LogP contribution < -0.4 is 9.64 Å². The van der Waals surface area contributed by atoms with Gasteiger partial charge in [0.05, 0.1) is 35.6 Å². The third-order valence-electron chi connectivity index (χ3n) is 8.49. The first-order valence-corrected chi connectivity index (χ1v) is 16.9. The van der Waals surface area contributed by atoms with Gasteiger partial charge in [-0.05, 0) is 49.2 Å². The van der Waals surface area contributed by atoms with Crippen molar-refractivity contribution in [3.05, 3.63) is 35.4 Å². The number of benzene rings is 1. The summed E-state index contributed by atoms with van der Waals surface area (Å²) in [4.78, 5) is 15.0. The van der Waals surface area contributed by atoms with E-state index in [1.54, 1.807) is 0 Å². The molecule has 4 atom stereocenters. The van der Waals surface area contributed by atoms with Gasteiger partial charge in [-0.2, -0.15) is 4.98 Å². The van der Waals surface area contributed by atoms with Crippen LogP contribution in [0.4, 0.5) is 5.69 Å². The standard InChI is InChI=1S/C28H37ClN4O4Si/c1-28(2,3)38(4,5)37-22-16-35-24-21(15-34-25(22)24)36-27-30-20-14-19(29)23(31-26(20)32-27)17-8-10-18(11-9-17)33-12-6-7-13-33/h8-11,14,21-22,24-25H,6-7,12-13,15-16H2,1-5H3,(H,30,31,32)/t21-,22-,24-,25-/m1/s1. The minimum Gasteiger partial charge on any atom is -0.456 e. The highest BCUT2D eigenvalue weighted by atomic mass is 35.5. The number of nitrogens with zero attached hydrogens (tertiary/aromatic N) is 3. The molecule has 8 nitrogen and oxygen atoms in total. The van der Waals surface area contributed by atoms with Crippen LogP contribution in [0.5, 0.6) is 6.01 Å². The van der Waals surface area contributed by atoms with Gasteiger partial charge in [-0.3, -0.25) is 0 Å². The monoisotopic (exact) mass is 556 g/mol. The Balaban J connectivity index is 1.16. The third-order valence-corrected chi connectivity index (χ3v) is 13.3. The van der Waals surface area contributed by atoms with Crippen LogP contribution in [-0.2, 0) is 13.9 Å². The average Bonchev–Trinajstić information content (AvgIpc) is 3.65. The number of hydrogen-bond acceptors (Lipinski definition) is 7. The van der Waals surface area contributed by atoms with E-state index >= 15 is 0 Å². The first kappa shape index (κ1) is 26.1. The van der Waals surface area contributed by atoms with Crippen LogP contribution in [-0.4, -0.2) is 74.0 Å². The molecule has 3 fully saturated rings. The predicted molar refractivity (Wildman–Crippen MR) is 152 cm³/mol. The molecular formula is C28H37ClN4O4Si. The molecule has 5 heterocycles. The molecule has 10 heteroatoms. The molecule has 0 unspecified atom stereocenters. The number of imidazole rings is 1.